The first-order chi connectivity index (χ1) is 9.96. The van der Waals surface area contributed by atoms with E-state index in [9.17, 15) is 8.42 Å². The third-order valence-electron chi connectivity index (χ3n) is 2.64. The van der Waals surface area contributed by atoms with Gasteiger partial charge >= 0.3 is 0 Å². The Kier molecular flexibility index (Phi) is 4.13. The van der Waals surface area contributed by atoms with Gasteiger partial charge in [0.2, 0.25) is 0 Å². The predicted molar refractivity (Wildman–Crippen MR) is 78.1 cm³/mol. The molecule has 0 aliphatic rings. The van der Waals surface area contributed by atoms with Crippen LogP contribution in [-0.4, -0.2) is 8.42 Å². The molecule has 0 fully saturated rings. The fourth-order valence-electron chi connectivity index (χ4n) is 1.61. The van der Waals surface area contributed by atoms with Crippen molar-refractivity contribution in [3.63, 3.8) is 0 Å². The summed E-state index contributed by atoms with van der Waals surface area (Å²) in [6, 6.07) is 13.5. The summed E-state index contributed by atoms with van der Waals surface area (Å²) in [6.45, 7) is 0. The van der Waals surface area contributed by atoms with E-state index < -0.39 is 10.0 Å². The maximum absolute atomic E-state index is 12.2. The molecular weight excluding hydrogens is 310 g/mol. The van der Waals surface area contributed by atoms with E-state index in [-0.39, 0.29) is 16.1 Å². The molecule has 0 aliphatic carbocycles. The zero-order valence-corrected chi connectivity index (χ0v) is 12.1. The average molecular weight is 318 g/mol. The highest BCUT2D eigenvalue weighted by molar-refractivity contribution is 7.92. The number of sulfonamides is 1. The number of hydrogen-bond donors (Lipinski definition) is 1. The molecule has 0 saturated heterocycles. The first kappa shape index (κ1) is 14.9. The number of hydrogen-bond acceptors (Lipinski definition) is 4. The first-order valence-corrected chi connectivity index (χ1v) is 7.55. The minimum Gasteiger partial charge on any atom is -0.278 e. The third kappa shape index (κ3) is 3.32. The molecule has 0 atom stereocenters. The number of halogens is 1. The lowest BCUT2D eigenvalue weighted by Crippen LogP contribution is -2.13. The van der Waals surface area contributed by atoms with E-state index in [2.05, 4.69) is 4.72 Å². The molecule has 2 aromatic carbocycles. The number of nitrogens with one attached hydrogen (secondary N) is 1. The first-order valence-electron chi connectivity index (χ1n) is 5.69. The standard InChI is InChI=1S/C14H8ClN3O2S/c15-12-4-3-11(9-17)14(7-12)18-21(19,20)13-5-1-10(8-16)2-6-13/h1-7,18H. The lowest BCUT2D eigenvalue weighted by Gasteiger charge is -2.09. The summed E-state index contributed by atoms with van der Waals surface area (Å²) in [6.07, 6.45) is 0. The molecule has 2 aromatic rings. The number of benzene rings is 2. The SMILES string of the molecule is N#Cc1ccc(S(=O)(=O)Nc2cc(Cl)ccc2C#N)cc1. The smallest absolute Gasteiger partial charge is 0.261 e. The molecule has 0 bridgehead atoms. The van der Waals surface area contributed by atoms with Crippen LogP contribution in [0, 0.1) is 22.7 Å². The zero-order valence-electron chi connectivity index (χ0n) is 10.5. The minimum absolute atomic E-state index is 0.00892. The van der Waals surface area contributed by atoms with Crippen LogP contribution in [0.4, 0.5) is 5.69 Å². The molecule has 0 spiro atoms. The van der Waals surface area contributed by atoms with Crippen molar-refractivity contribution in [2.45, 2.75) is 4.90 Å². The van der Waals surface area contributed by atoms with Gasteiger partial charge in [-0.3, -0.25) is 4.72 Å². The van der Waals surface area contributed by atoms with Crippen LogP contribution in [0.1, 0.15) is 11.1 Å². The van der Waals surface area contributed by atoms with Gasteiger partial charge in [-0.25, -0.2) is 8.42 Å². The van der Waals surface area contributed by atoms with Crippen molar-refractivity contribution in [1.82, 2.24) is 0 Å². The number of nitriles is 2. The van der Waals surface area contributed by atoms with Gasteiger partial charge in [-0.15, -0.1) is 0 Å². The molecular formula is C14H8ClN3O2S. The highest BCUT2D eigenvalue weighted by atomic mass is 35.5. The monoisotopic (exact) mass is 317 g/mol. The molecule has 5 nitrogen and oxygen atoms in total. The highest BCUT2D eigenvalue weighted by Crippen LogP contribution is 2.23. The maximum atomic E-state index is 12.2. The number of rotatable bonds is 3. The van der Waals surface area contributed by atoms with Crippen LogP contribution in [0.15, 0.2) is 47.4 Å². The van der Waals surface area contributed by atoms with Gasteiger partial charge in [-0.05, 0) is 42.5 Å². The fraction of sp³-hybridized carbons (Fsp3) is 0. The van der Waals surface area contributed by atoms with Gasteiger partial charge in [0.25, 0.3) is 10.0 Å². The van der Waals surface area contributed by atoms with E-state index in [1.54, 1.807) is 0 Å². The van der Waals surface area contributed by atoms with Crippen LogP contribution in [0.25, 0.3) is 0 Å². The molecule has 104 valence electrons. The van der Waals surface area contributed by atoms with Crippen molar-refractivity contribution >= 4 is 27.3 Å². The molecule has 21 heavy (non-hydrogen) atoms. The Morgan fingerprint density at radius 3 is 2.24 bits per heavy atom. The summed E-state index contributed by atoms with van der Waals surface area (Å²) in [5, 5.41) is 18.0. The van der Waals surface area contributed by atoms with E-state index in [1.807, 2.05) is 12.1 Å². The second-order valence-electron chi connectivity index (χ2n) is 4.04. The second-order valence-corrected chi connectivity index (χ2v) is 6.16. The van der Waals surface area contributed by atoms with E-state index in [1.165, 1.54) is 42.5 Å². The Morgan fingerprint density at radius 2 is 1.67 bits per heavy atom. The van der Waals surface area contributed by atoms with Crippen LogP contribution in [-0.2, 0) is 10.0 Å². The van der Waals surface area contributed by atoms with E-state index in [0.29, 0.717) is 10.6 Å². The van der Waals surface area contributed by atoms with Gasteiger partial charge in [-0.2, -0.15) is 10.5 Å². The van der Waals surface area contributed by atoms with E-state index in [4.69, 9.17) is 22.1 Å². The lowest BCUT2D eigenvalue weighted by atomic mass is 10.2. The molecule has 2 rings (SSSR count). The second kappa shape index (κ2) is 5.84. The van der Waals surface area contributed by atoms with Crippen LogP contribution in [0.3, 0.4) is 0 Å². The van der Waals surface area contributed by atoms with E-state index >= 15 is 0 Å². The van der Waals surface area contributed by atoms with E-state index in [0.717, 1.165) is 0 Å². The molecule has 1 N–H and O–H groups in total. The summed E-state index contributed by atoms with van der Waals surface area (Å²) >= 11 is 5.81. The molecule has 0 radical (unpaired) electrons. The quantitative estimate of drug-likeness (QED) is 0.941. The zero-order chi connectivity index (χ0) is 15.5. The topological polar surface area (TPSA) is 93.8 Å². The maximum Gasteiger partial charge on any atom is 0.261 e. The lowest BCUT2D eigenvalue weighted by molar-refractivity contribution is 0.601. The van der Waals surface area contributed by atoms with Crippen molar-refractivity contribution in [3.8, 4) is 12.1 Å². The van der Waals surface area contributed by atoms with Gasteiger partial charge in [0.1, 0.15) is 6.07 Å². The Balaban J connectivity index is 2.40. The third-order valence-corrected chi connectivity index (χ3v) is 4.26. The average Bonchev–Trinajstić information content (AvgIpc) is 2.47. The van der Waals surface area contributed by atoms with Crippen molar-refractivity contribution in [3.05, 3.63) is 58.6 Å². The van der Waals surface area contributed by atoms with Crippen molar-refractivity contribution < 1.29 is 8.42 Å². The number of nitrogens with zero attached hydrogens (tertiary/aromatic N) is 2. The van der Waals surface area contributed by atoms with Crippen LogP contribution < -0.4 is 4.72 Å². The van der Waals surface area contributed by atoms with Crippen LogP contribution in [0.2, 0.25) is 5.02 Å². The Labute approximate surface area is 127 Å². The van der Waals surface area contributed by atoms with Crippen LogP contribution in [0.5, 0.6) is 0 Å². The summed E-state index contributed by atoms with van der Waals surface area (Å²) < 4.78 is 26.8. The molecule has 7 heteroatoms. The molecule has 0 unspecified atom stereocenters. The van der Waals surface area contributed by atoms with Crippen molar-refractivity contribution in [2.75, 3.05) is 4.72 Å². The minimum atomic E-state index is -3.86. The van der Waals surface area contributed by atoms with Crippen molar-refractivity contribution in [2.24, 2.45) is 0 Å². The summed E-state index contributed by atoms with van der Waals surface area (Å²) in [4.78, 5) is -0.00892. The molecule has 0 amide bonds. The van der Waals surface area contributed by atoms with Gasteiger partial charge < -0.3 is 0 Å². The largest absolute Gasteiger partial charge is 0.278 e. The molecule has 0 aromatic heterocycles. The summed E-state index contributed by atoms with van der Waals surface area (Å²) in [5.41, 5.74) is 0.625. The molecule has 0 aliphatic heterocycles. The van der Waals surface area contributed by atoms with Gasteiger partial charge in [0, 0.05) is 5.02 Å². The Morgan fingerprint density at radius 1 is 1.00 bits per heavy atom. The van der Waals surface area contributed by atoms with Gasteiger partial charge in [-0.1, -0.05) is 11.6 Å². The number of anilines is 1. The Bertz CT molecular complexity index is 863. The van der Waals surface area contributed by atoms with Gasteiger partial charge in [0.05, 0.1) is 27.8 Å². The molecule has 0 heterocycles. The van der Waals surface area contributed by atoms with Crippen LogP contribution >= 0.6 is 11.6 Å². The normalized spacial score (nSPS) is 10.4. The van der Waals surface area contributed by atoms with Gasteiger partial charge in [0.15, 0.2) is 0 Å². The van der Waals surface area contributed by atoms with Crippen molar-refractivity contribution in [1.29, 1.82) is 10.5 Å². The summed E-state index contributed by atoms with van der Waals surface area (Å²) in [5.74, 6) is 0. The predicted octanol–water partition coefficient (Wildman–Crippen LogP) is 2.88. The fourth-order valence-corrected chi connectivity index (χ4v) is 2.85. The Hall–Kier alpha value is -2.54. The molecule has 0 saturated carbocycles. The highest BCUT2D eigenvalue weighted by Gasteiger charge is 2.16. The summed E-state index contributed by atoms with van der Waals surface area (Å²) in [7, 11) is -3.86.